The summed E-state index contributed by atoms with van der Waals surface area (Å²) in [6, 6.07) is 7.34. The molecule has 1 aliphatic heterocycles. The summed E-state index contributed by atoms with van der Waals surface area (Å²) >= 11 is 0. The topological polar surface area (TPSA) is 48.0 Å². The summed E-state index contributed by atoms with van der Waals surface area (Å²) in [6.07, 6.45) is 3.80. The largest absolute Gasteiger partial charge is 0.347 e. The van der Waals surface area contributed by atoms with E-state index >= 15 is 0 Å². The van der Waals surface area contributed by atoms with E-state index in [9.17, 15) is 4.79 Å². The van der Waals surface area contributed by atoms with Gasteiger partial charge in [-0.2, -0.15) is 0 Å². The Morgan fingerprint density at radius 3 is 2.86 bits per heavy atom. The Bertz CT molecular complexity index is 539. The van der Waals surface area contributed by atoms with E-state index in [4.69, 9.17) is 14.3 Å². The minimum Gasteiger partial charge on any atom is -0.347 e. The van der Waals surface area contributed by atoms with Gasteiger partial charge in [0.2, 0.25) is 0 Å². The smallest absolute Gasteiger partial charge is 0.277 e. The van der Waals surface area contributed by atoms with Gasteiger partial charge in [-0.05, 0) is 31.5 Å². The zero-order valence-corrected chi connectivity index (χ0v) is 12.8. The quantitative estimate of drug-likeness (QED) is 0.800. The van der Waals surface area contributed by atoms with Crippen molar-refractivity contribution in [1.29, 1.82) is 0 Å². The molecule has 1 aromatic rings. The van der Waals surface area contributed by atoms with E-state index in [1.54, 1.807) is 13.1 Å². The number of nitrogens with zero attached hydrogens (tertiary/aromatic N) is 1. The summed E-state index contributed by atoms with van der Waals surface area (Å²) in [5.74, 6) is -0.720. The number of carbonyl (C=O) groups excluding carboxylic acids is 1. The molecule has 1 saturated heterocycles. The average Bonchev–Trinajstić information content (AvgIpc) is 2.83. The molecule has 5 heteroatoms. The zero-order chi connectivity index (χ0) is 15.5. The lowest BCUT2D eigenvalue weighted by Gasteiger charge is -2.15. The van der Waals surface area contributed by atoms with E-state index < -0.39 is 5.79 Å². The molecule has 0 aromatic heterocycles. The van der Waals surface area contributed by atoms with Crippen LogP contribution in [0.15, 0.2) is 30.3 Å². The normalized spacial score (nSPS) is 20.9. The van der Waals surface area contributed by atoms with Gasteiger partial charge in [0.15, 0.2) is 5.79 Å². The molecule has 0 spiro atoms. The molecule has 1 atom stereocenters. The first kappa shape index (κ1) is 15.7. The van der Waals surface area contributed by atoms with Gasteiger partial charge in [-0.15, -0.1) is 0 Å². The first-order chi connectivity index (χ1) is 9.91. The summed E-state index contributed by atoms with van der Waals surface area (Å²) in [5, 5.41) is 1.19. The molecule has 114 valence electrons. The SMILES string of the molecule is CON(C)C(=O)c1cccc(/C=C/[C@H]2COC(C)(C)O2)c1. The van der Waals surface area contributed by atoms with Crippen LogP contribution in [0.4, 0.5) is 0 Å². The molecule has 0 aliphatic carbocycles. The highest BCUT2D eigenvalue weighted by Crippen LogP contribution is 2.23. The van der Waals surface area contributed by atoms with Crippen LogP contribution < -0.4 is 0 Å². The minimum absolute atomic E-state index is 0.0685. The lowest BCUT2D eigenvalue weighted by Crippen LogP contribution is -2.25. The Morgan fingerprint density at radius 1 is 1.48 bits per heavy atom. The van der Waals surface area contributed by atoms with Gasteiger partial charge in [-0.25, -0.2) is 5.06 Å². The van der Waals surface area contributed by atoms with Gasteiger partial charge in [-0.3, -0.25) is 9.63 Å². The first-order valence-electron chi connectivity index (χ1n) is 6.83. The maximum atomic E-state index is 12.0. The van der Waals surface area contributed by atoms with Crippen molar-refractivity contribution in [2.45, 2.75) is 25.7 Å². The molecular weight excluding hydrogens is 270 g/mol. The van der Waals surface area contributed by atoms with Crippen LogP contribution in [0, 0.1) is 0 Å². The summed E-state index contributed by atoms with van der Waals surface area (Å²) in [6.45, 7) is 4.32. The molecule has 1 heterocycles. The predicted octanol–water partition coefficient (Wildman–Crippen LogP) is 2.48. The second-order valence-corrected chi connectivity index (χ2v) is 5.34. The second-order valence-electron chi connectivity index (χ2n) is 5.34. The van der Waals surface area contributed by atoms with Crippen molar-refractivity contribution in [2.75, 3.05) is 20.8 Å². The Kier molecular flexibility index (Phi) is 4.77. The van der Waals surface area contributed by atoms with Gasteiger partial charge in [0.25, 0.3) is 5.91 Å². The van der Waals surface area contributed by atoms with Crippen molar-refractivity contribution < 1.29 is 19.1 Å². The maximum absolute atomic E-state index is 12.0. The van der Waals surface area contributed by atoms with Crippen LogP contribution in [-0.4, -0.2) is 43.6 Å². The van der Waals surface area contributed by atoms with E-state index in [0.29, 0.717) is 12.2 Å². The fourth-order valence-electron chi connectivity index (χ4n) is 2.07. The number of hydrogen-bond donors (Lipinski definition) is 0. The fourth-order valence-corrected chi connectivity index (χ4v) is 2.07. The summed E-state index contributed by atoms with van der Waals surface area (Å²) in [7, 11) is 3.04. The lowest BCUT2D eigenvalue weighted by atomic mass is 10.1. The summed E-state index contributed by atoms with van der Waals surface area (Å²) in [4.78, 5) is 16.9. The van der Waals surface area contributed by atoms with Gasteiger partial charge in [0.05, 0.1) is 13.7 Å². The molecule has 0 unspecified atom stereocenters. The van der Waals surface area contributed by atoms with Crippen molar-refractivity contribution in [2.24, 2.45) is 0 Å². The third kappa shape index (κ3) is 4.14. The van der Waals surface area contributed by atoms with Crippen LogP contribution in [0.1, 0.15) is 29.8 Å². The maximum Gasteiger partial charge on any atom is 0.277 e. The highest BCUT2D eigenvalue weighted by Gasteiger charge is 2.30. The van der Waals surface area contributed by atoms with Crippen LogP contribution >= 0.6 is 0 Å². The number of hydrogen-bond acceptors (Lipinski definition) is 4. The molecule has 21 heavy (non-hydrogen) atoms. The van der Waals surface area contributed by atoms with E-state index in [0.717, 1.165) is 5.56 Å². The summed E-state index contributed by atoms with van der Waals surface area (Å²) < 4.78 is 11.2. The minimum atomic E-state index is -0.534. The number of ether oxygens (including phenoxy) is 2. The number of carbonyl (C=O) groups is 1. The molecule has 1 aromatic carbocycles. The third-order valence-corrected chi connectivity index (χ3v) is 3.23. The van der Waals surface area contributed by atoms with Gasteiger partial charge in [-0.1, -0.05) is 24.3 Å². The number of rotatable bonds is 4. The van der Waals surface area contributed by atoms with Crippen molar-refractivity contribution in [3.63, 3.8) is 0 Å². The molecule has 0 N–H and O–H groups in total. The number of amides is 1. The molecule has 1 aliphatic rings. The van der Waals surface area contributed by atoms with Crippen LogP contribution in [0.5, 0.6) is 0 Å². The standard InChI is InChI=1S/C16H21NO4/c1-16(2)20-11-14(21-16)9-8-12-6-5-7-13(10-12)15(18)17(3)19-4/h5-10,14H,11H2,1-4H3/b9-8+/t14-/m0/s1. The molecule has 1 amide bonds. The van der Waals surface area contributed by atoms with E-state index in [1.165, 1.54) is 12.2 Å². The molecular formula is C16H21NO4. The Balaban J connectivity index is 2.06. The van der Waals surface area contributed by atoms with Crippen molar-refractivity contribution in [3.8, 4) is 0 Å². The Labute approximate surface area is 125 Å². The van der Waals surface area contributed by atoms with E-state index in [-0.39, 0.29) is 12.0 Å². The van der Waals surface area contributed by atoms with Crippen molar-refractivity contribution >= 4 is 12.0 Å². The highest BCUT2D eigenvalue weighted by atomic mass is 16.7. The van der Waals surface area contributed by atoms with Crippen LogP contribution in [-0.2, 0) is 14.3 Å². The fraction of sp³-hybridized carbons (Fsp3) is 0.438. The van der Waals surface area contributed by atoms with E-state index in [1.807, 2.05) is 44.2 Å². The van der Waals surface area contributed by atoms with Crippen LogP contribution in [0.25, 0.3) is 6.08 Å². The number of benzene rings is 1. The number of hydroxylamine groups is 2. The van der Waals surface area contributed by atoms with E-state index in [2.05, 4.69) is 0 Å². The molecule has 0 bridgehead atoms. The van der Waals surface area contributed by atoms with Crippen molar-refractivity contribution in [1.82, 2.24) is 5.06 Å². The third-order valence-electron chi connectivity index (χ3n) is 3.23. The van der Waals surface area contributed by atoms with Crippen LogP contribution in [0.3, 0.4) is 0 Å². The molecule has 5 nitrogen and oxygen atoms in total. The first-order valence-corrected chi connectivity index (χ1v) is 6.83. The Hall–Kier alpha value is -1.69. The molecule has 1 fully saturated rings. The van der Waals surface area contributed by atoms with Gasteiger partial charge in [0.1, 0.15) is 6.10 Å². The van der Waals surface area contributed by atoms with Gasteiger partial charge >= 0.3 is 0 Å². The highest BCUT2D eigenvalue weighted by molar-refractivity contribution is 5.93. The zero-order valence-electron chi connectivity index (χ0n) is 12.8. The summed E-state index contributed by atoms with van der Waals surface area (Å²) in [5.41, 5.74) is 1.50. The molecule has 0 radical (unpaired) electrons. The monoisotopic (exact) mass is 291 g/mol. The van der Waals surface area contributed by atoms with Crippen LogP contribution in [0.2, 0.25) is 0 Å². The Morgan fingerprint density at radius 2 is 2.24 bits per heavy atom. The van der Waals surface area contributed by atoms with Gasteiger partial charge in [0, 0.05) is 12.6 Å². The van der Waals surface area contributed by atoms with Crippen molar-refractivity contribution in [3.05, 3.63) is 41.5 Å². The molecule has 0 saturated carbocycles. The average molecular weight is 291 g/mol. The molecule has 2 rings (SSSR count). The second kappa shape index (κ2) is 6.39. The predicted molar refractivity (Wildman–Crippen MR) is 79.5 cm³/mol. The van der Waals surface area contributed by atoms with Gasteiger partial charge < -0.3 is 9.47 Å². The lowest BCUT2D eigenvalue weighted by molar-refractivity contribution is -0.133.